The van der Waals surface area contributed by atoms with Crippen molar-refractivity contribution in [1.29, 1.82) is 5.26 Å². The van der Waals surface area contributed by atoms with Gasteiger partial charge in [-0.3, -0.25) is 4.90 Å². The molecule has 0 aliphatic carbocycles. The highest BCUT2D eigenvalue weighted by atomic mass is 15.2. The first-order chi connectivity index (χ1) is 12.3. The minimum absolute atomic E-state index is 0.845. The number of hydrogen-bond acceptors (Lipinski definition) is 3. The molecule has 2 aliphatic heterocycles. The van der Waals surface area contributed by atoms with Gasteiger partial charge in [-0.05, 0) is 54.1 Å². The van der Waals surface area contributed by atoms with Crippen LogP contribution in [-0.2, 0) is 13.0 Å². The largest absolute Gasteiger partial charge is 0.370 e. The van der Waals surface area contributed by atoms with Gasteiger partial charge in [-0.15, -0.1) is 0 Å². The van der Waals surface area contributed by atoms with Crippen LogP contribution in [0.25, 0.3) is 11.1 Å². The molecule has 0 saturated carbocycles. The van der Waals surface area contributed by atoms with Crippen LogP contribution in [0.1, 0.15) is 36.5 Å². The van der Waals surface area contributed by atoms with Gasteiger partial charge in [0.05, 0.1) is 11.3 Å². The summed E-state index contributed by atoms with van der Waals surface area (Å²) in [4.78, 5) is 4.95. The minimum atomic E-state index is 0.845. The maximum absolute atomic E-state index is 9.88. The van der Waals surface area contributed by atoms with Crippen molar-refractivity contribution in [3.8, 4) is 17.2 Å². The van der Waals surface area contributed by atoms with Crippen molar-refractivity contribution in [3.05, 3.63) is 53.1 Å². The summed E-state index contributed by atoms with van der Waals surface area (Å²) >= 11 is 0. The van der Waals surface area contributed by atoms with Crippen LogP contribution >= 0.6 is 0 Å². The zero-order valence-electron chi connectivity index (χ0n) is 15.0. The van der Waals surface area contributed by atoms with Crippen molar-refractivity contribution in [3.63, 3.8) is 0 Å². The molecule has 2 aromatic rings. The summed E-state index contributed by atoms with van der Waals surface area (Å²) in [6.45, 7) is 7.53. The van der Waals surface area contributed by atoms with Gasteiger partial charge in [0.25, 0.3) is 0 Å². The molecule has 0 radical (unpaired) electrons. The molecule has 128 valence electrons. The highest BCUT2D eigenvalue weighted by molar-refractivity contribution is 5.79. The molecule has 0 spiro atoms. The van der Waals surface area contributed by atoms with Gasteiger partial charge in [0.15, 0.2) is 0 Å². The van der Waals surface area contributed by atoms with Gasteiger partial charge in [-0.1, -0.05) is 37.3 Å². The van der Waals surface area contributed by atoms with Crippen LogP contribution in [0.2, 0.25) is 0 Å². The summed E-state index contributed by atoms with van der Waals surface area (Å²) in [6, 6.07) is 15.2. The number of fused-ring (bicyclic) bond motifs is 1. The molecule has 1 fully saturated rings. The van der Waals surface area contributed by atoms with E-state index in [4.69, 9.17) is 0 Å². The molecule has 3 heteroatoms. The van der Waals surface area contributed by atoms with Crippen LogP contribution in [-0.4, -0.2) is 31.1 Å². The fourth-order valence-corrected chi connectivity index (χ4v) is 4.33. The van der Waals surface area contributed by atoms with Crippen LogP contribution in [0.15, 0.2) is 36.4 Å². The predicted molar refractivity (Wildman–Crippen MR) is 103 cm³/mol. The van der Waals surface area contributed by atoms with Crippen molar-refractivity contribution in [1.82, 2.24) is 4.90 Å². The summed E-state index contributed by atoms with van der Waals surface area (Å²) in [6.07, 6.45) is 3.54. The van der Waals surface area contributed by atoms with Gasteiger partial charge < -0.3 is 4.90 Å². The summed E-state index contributed by atoms with van der Waals surface area (Å²) in [5.74, 6) is 0. The lowest BCUT2D eigenvalue weighted by Crippen LogP contribution is -2.33. The second kappa shape index (κ2) is 6.90. The zero-order valence-corrected chi connectivity index (χ0v) is 15.0. The summed E-state index contributed by atoms with van der Waals surface area (Å²) in [5, 5.41) is 9.88. The Labute approximate surface area is 150 Å². The van der Waals surface area contributed by atoms with E-state index in [0.717, 1.165) is 44.7 Å². The monoisotopic (exact) mass is 331 g/mol. The van der Waals surface area contributed by atoms with Gasteiger partial charge in [-0.2, -0.15) is 5.26 Å². The Morgan fingerprint density at radius 2 is 1.80 bits per heavy atom. The molecule has 0 amide bonds. The van der Waals surface area contributed by atoms with E-state index in [1.807, 2.05) is 0 Å². The Morgan fingerprint density at radius 1 is 1.04 bits per heavy atom. The number of hydrogen-bond donors (Lipinski definition) is 0. The highest BCUT2D eigenvalue weighted by Gasteiger charge is 2.28. The molecule has 3 nitrogen and oxygen atoms in total. The van der Waals surface area contributed by atoms with Gasteiger partial charge in [0.1, 0.15) is 6.07 Å². The Balaban J connectivity index is 1.93. The maximum atomic E-state index is 9.88. The van der Waals surface area contributed by atoms with E-state index >= 15 is 0 Å². The number of rotatable bonds is 3. The number of nitrogens with zero attached hydrogens (tertiary/aromatic N) is 3. The third-order valence-corrected chi connectivity index (χ3v) is 5.65. The zero-order chi connectivity index (χ0) is 17.2. The normalized spacial score (nSPS) is 17.4. The SMILES string of the molecule is CCN1CCc2c(-c3ccccc3)cc(C#N)c(N3CCCC3)c2C1. The predicted octanol–water partition coefficient (Wildman–Crippen LogP) is 4.20. The average Bonchev–Trinajstić information content (AvgIpc) is 3.21. The van der Waals surface area contributed by atoms with Crippen molar-refractivity contribution in [2.24, 2.45) is 0 Å². The van der Waals surface area contributed by atoms with E-state index in [0.29, 0.717) is 0 Å². The van der Waals surface area contributed by atoms with Crippen LogP contribution in [0, 0.1) is 11.3 Å². The quantitative estimate of drug-likeness (QED) is 0.844. The lowest BCUT2D eigenvalue weighted by atomic mass is 9.87. The Hall–Kier alpha value is -2.31. The van der Waals surface area contributed by atoms with Crippen molar-refractivity contribution >= 4 is 5.69 Å². The second-order valence-electron chi connectivity index (χ2n) is 7.07. The second-order valence-corrected chi connectivity index (χ2v) is 7.07. The van der Waals surface area contributed by atoms with E-state index in [1.165, 1.54) is 40.8 Å². The fraction of sp³-hybridized carbons (Fsp3) is 0.409. The van der Waals surface area contributed by atoms with Crippen molar-refractivity contribution in [2.75, 3.05) is 31.1 Å². The molecule has 25 heavy (non-hydrogen) atoms. The summed E-state index contributed by atoms with van der Waals surface area (Å²) < 4.78 is 0. The molecule has 0 N–H and O–H groups in total. The number of anilines is 1. The number of likely N-dealkylation sites (N-methyl/N-ethyl adjacent to an activating group) is 1. The van der Waals surface area contributed by atoms with E-state index in [1.54, 1.807) is 0 Å². The van der Waals surface area contributed by atoms with Gasteiger partial charge in [0, 0.05) is 26.2 Å². The summed E-state index contributed by atoms with van der Waals surface area (Å²) in [5.41, 5.74) is 7.40. The maximum Gasteiger partial charge on any atom is 0.101 e. The first kappa shape index (κ1) is 16.2. The lowest BCUT2D eigenvalue weighted by Gasteiger charge is -2.34. The minimum Gasteiger partial charge on any atom is -0.370 e. The first-order valence-electron chi connectivity index (χ1n) is 9.43. The van der Waals surface area contributed by atoms with Crippen LogP contribution in [0.5, 0.6) is 0 Å². The summed E-state index contributed by atoms with van der Waals surface area (Å²) in [7, 11) is 0. The van der Waals surface area contributed by atoms with E-state index in [2.05, 4.69) is 59.2 Å². The standard InChI is InChI=1S/C22H25N3/c1-2-24-13-10-19-20(17-8-4-3-5-9-17)14-18(15-23)22(21(19)16-24)25-11-6-7-12-25/h3-5,8-9,14H,2,6-7,10-13,16H2,1H3. The number of benzene rings is 2. The topological polar surface area (TPSA) is 30.3 Å². The Bertz CT molecular complexity index is 798. The van der Waals surface area contributed by atoms with Crippen LogP contribution in [0.4, 0.5) is 5.69 Å². The molecule has 2 aliphatic rings. The molecule has 0 atom stereocenters. The third kappa shape index (κ3) is 2.92. The van der Waals surface area contributed by atoms with Gasteiger partial charge >= 0.3 is 0 Å². The molecular formula is C22H25N3. The third-order valence-electron chi connectivity index (χ3n) is 5.65. The fourth-order valence-electron chi connectivity index (χ4n) is 4.33. The molecule has 0 bridgehead atoms. The van der Waals surface area contributed by atoms with Gasteiger partial charge in [-0.25, -0.2) is 0 Å². The number of nitriles is 1. The lowest BCUT2D eigenvalue weighted by molar-refractivity contribution is 0.268. The van der Waals surface area contributed by atoms with E-state index in [-0.39, 0.29) is 0 Å². The highest BCUT2D eigenvalue weighted by Crippen LogP contribution is 2.40. The molecular weight excluding hydrogens is 306 g/mol. The van der Waals surface area contributed by atoms with Crippen molar-refractivity contribution in [2.45, 2.75) is 32.7 Å². The Morgan fingerprint density at radius 3 is 2.48 bits per heavy atom. The average molecular weight is 331 g/mol. The molecule has 2 heterocycles. The molecule has 2 aromatic carbocycles. The first-order valence-corrected chi connectivity index (χ1v) is 9.43. The van der Waals surface area contributed by atoms with Crippen molar-refractivity contribution < 1.29 is 0 Å². The molecule has 0 unspecified atom stereocenters. The van der Waals surface area contributed by atoms with Crippen LogP contribution in [0.3, 0.4) is 0 Å². The molecule has 1 saturated heterocycles. The van der Waals surface area contributed by atoms with Gasteiger partial charge in [0.2, 0.25) is 0 Å². The molecule has 4 rings (SSSR count). The molecule has 0 aromatic heterocycles. The van der Waals surface area contributed by atoms with Crippen LogP contribution < -0.4 is 4.90 Å². The van der Waals surface area contributed by atoms with E-state index in [9.17, 15) is 5.26 Å². The smallest absolute Gasteiger partial charge is 0.101 e. The van der Waals surface area contributed by atoms with E-state index < -0.39 is 0 Å². The Kier molecular flexibility index (Phi) is 4.46.